The average Bonchev–Trinajstić information content (AvgIpc) is 2.80. The van der Waals surface area contributed by atoms with Gasteiger partial charge in [0.1, 0.15) is 36.6 Å². The molecule has 2 heterocycles. The molecule has 0 amide bonds. The van der Waals surface area contributed by atoms with E-state index in [4.69, 9.17) is 42.5 Å². The summed E-state index contributed by atoms with van der Waals surface area (Å²) in [5.74, 6) is -2.43. The lowest BCUT2D eigenvalue weighted by Crippen LogP contribution is -2.61. The molecule has 2 aliphatic rings. The van der Waals surface area contributed by atoms with Crippen molar-refractivity contribution in [2.75, 3.05) is 19.1 Å². The number of alkyl halides is 2. The van der Waals surface area contributed by atoms with E-state index in [1.807, 2.05) is 0 Å². The zero-order valence-corrected chi connectivity index (χ0v) is 13.4. The van der Waals surface area contributed by atoms with Crippen LogP contribution < -0.4 is 0 Å². The van der Waals surface area contributed by atoms with Crippen molar-refractivity contribution < 1.29 is 44.8 Å². The molecule has 0 aliphatic carbocycles. The molecular weight excluding hydrogens is 359 g/mol. The lowest BCUT2D eigenvalue weighted by atomic mass is 10.0. The van der Waals surface area contributed by atoms with Crippen molar-refractivity contribution in [3.63, 3.8) is 0 Å². The lowest BCUT2D eigenvalue weighted by molar-refractivity contribution is -0.359. The normalized spacial score (nSPS) is 51.1. The van der Waals surface area contributed by atoms with Crippen LogP contribution in [0.2, 0.25) is 0 Å². The Balaban J connectivity index is 2.18. The summed E-state index contributed by atoms with van der Waals surface area (Å²) in [6.07, 6.45) is -9.91. The Kier molecular flexibility index (Phi) is 6.48. The minimum absolute atomic E-state index is 0.460. The SMILES string of the molecule is OC[C@H]1O[C@@](CCl)(O[C@H]2O[C@H](CO)[C@H](Cl)[C@H](O)[C@H]2O)[C@@H](O)[C@@H]1O. The lowest BCUT2D eigenvalue weighted by Gasteiger charge is -2.43. The average molecular weight is 379 g/mol. The van der Waals surface area contributed by atoms with Gasteiger partial charge in [-0.3, -0.25) is 0 Å². The molecule has 9 nitrogen and oxygen atoms in total. The van der Waals surface area contributed by atoms with Crippen molar-refractivity contribution in [1.29, 1.82) is 0 Å². The van der Waals surface area contributed by atoms with Crippen molar-refractivity contribution in [2.45, 2.75) is 54.1 Å². The number of aliphatic hydroxyl groups excluding tert-OH is 6. The summed E-state index contributed by atoms with van der Waals surface area (Å²) in [7, 11) is 0. The van der Waals surface area contributed by atoms with Gasteiger partial charge in [0.2, 0.25) is 5.79 Å². The Morgan fingerprint density at radius 2 is 1.57 bits per heavy atom. The van der Waals surface area contributed by atoms with E-state index in [9.17, 15) is 25.5 Å². The molecule has 9 atom stereocenters. The Hall–Kier alpha value is 0.220. The number of rotatable bonds is 5. The fourth-order valence-corrected chi connectivity index (χ4v) is 3.15. The first kappa shape index (κ1) is 19.5. The van der Waals surface area contributed by atoms with Gasteiger partial charge >= 0.3 is 0 Å². The van der Waals surface area contributed by atoms with Gasteiger partial charge in [0.05, 0.1) is 24.5 Å². The van der Waals surface area contributed by atoms with Crippen LogP contribution in [-0.4, -0.2) is 104 Å². The molecule has 23 heavy (non-hydrogen) atoms. The molecule has 2 rings (SSSR count). The first-order valence-corrected chi connectivity index (χ1v) is 7.93. The van der Waals surface area contributed by atoms with Gasteiger partial charge in [0.25, 0.3) is 0 Å². The number of hydrogen-bond donors (Lipinski definition) is 6. The molecule has 0 aromatic heterocycles. The summed E-state index contributed by atoms with van der Waals surface area (Å²) >= 11 is 11.6. The number of halogens is 2. The van der Waals surface area contributed by atoms with E-state index in [-0.39, 0.29) is 0 Å². The number of hydrogen-bond acceptors (Lipinski definition) is 9. The molecule has 136 valence electrons. The summed E-state index contributed by atoms with van der Waals surface area (Å²) < 4.78 is 15.9. The summed E-state index contributed by atoms with van der Waals surface area (Å²) in [6.45, 7) is -1.14. The van der Waals surface area contributed by atoms with Crippen LogP contribution in [-0.2, 0) is 14.2 Å². The number of aliphatic hydroxyl groups is 6. The van der Waals surface area contributed by atoms with E-state index < -0.39 is 73.2 Å². The molecule has 2 fully saturated rings. The Labute approximate surface area is 141 Å². The van der Waals surface area contributed by atoms with E-state index in [2.05, 4.69) is 0 Å². The van der Waals surface area contributed by atoms with Crippen LogP contribution in [0.4, 0.5) is 0 Å². The van der Waals surface area contributed by atoms with Crippen molar-refractivity contribution in [2.24, 2.45) is 0 Å². The maximum Gasteiger partial charge on any atom is 0.214 e. The maximum atomic E-state index is 10.1. The van der Waals surface area contributed by atoms with E-state index in [0.717, 1.165) is 0 Å². The highest BCUT2D eigenvalue weighted by molar-refractivity contribution is 6.21. The van der Waals surface area contributed by atoms with Crippen LogP contribution >= 0.6 is 23.2 Å². The van der Waals surface area contributed by atoms with E-state index in [1.54, 1.807) is 0 Å². The Morgan fingerprint density at radius 3 is 2.04 bits per heavy atom. The number of ether oxygens (including phenoxy) is 3. The summed E-state index contributed by atoms with van der Waals surface area (Å²) in [6, 6.07) is 0. The third-order valence-corrected chi connectivity index (χ3v) is 4.90. The molecule has 0 radical (unpaired) electrons. The summed E-state index contributed by atoms with van der Waals surface area (Å²) in [4.78, 5) is 0. The molecule has 0 spiro atoms. The van der Waals surface area contributed by atoms with Crippen molar-refractivity contribution in [3.05, 3.63) is 0 Å². The summed E-state index contributed by atoms with van der Waals surface area (Å²) in [5, 5.41) is 57.1. The molecule has 0 aromatic rings. The Morgan fingerprint density at radius 1 is 0.957 bits per heavy atom. The van der Waals surface area contributed by atoms with Gasteiger partial charge in [-0.2, -0.15) is 0 Å². The zero-order chi connectivity index (χ0) is 17.4. The van der Waals surface area contributed by atoms with Crippen LogP contribution in [0.25, 0.3) is 0 Å². The molecule has 11 heteroatoms. The van der Waals surface area contributed by atoms with Gasteiger partial charge in [-0.25, -0.2) is 0 Å². The van der Waals surface area contributed by atoms with Gasteiger partial charge < -0.3 is 44.8 Å². The van der Waals surface area contributed by atoms with E-state index in [1.165, 1.54) is 0 Å². The monoisotopic (exact) mass is 378 g/mol. The van der Waals surface area contributed by atoms with Crippen molar-refractivity contribution in [3.8, 4) is 0 Å². The molecule has 0 unspecified atom stereocenters. The van der Waals surface area contributed by atoms with E-state index in [0.29, 0.717) is 0 Å². The molecule has 2 aliphatic heterocycles. The third-order valence-electron chi connectivity index (χ3n) is 3.99. The predicted octanol–water partition coefficient (Wildman–Crippen LogP) is -2.90. The van der Waals surface area contributed by atoms with Gasteiger partial charge in [-0.15, -0.1) is 23.2 Å². The predicted molar refractivity (Wildman–Crippen MR) is 75.9 cm³/mol. The second kappa shape index (κ2) is 7.63. The zero-order valence-electron chi connectivity index (χ0n) is 11.9. The largest absolute Gasteiger partial charge is 0.394 e. The fraction of sp³-hybridized carbons (Fsp3) is 1.00. The molecular formula is C12H20Cl2O9. The van der Waals surface area contributed by atoms with Gasteiger partial charge in [0.15, 0.2) is 6.29 Å². The van der Waals surface area contributed by atoms with Crippen molar-refractivity contribution >= 4 is 23.2 Å². The van der Waals surface area contributed by atoms with E-state index >= 15 is 0 Å². The summed E-state index contributed by atoms with van der Waals surface area (Å²) in [5.41, 5.74) is 0. The quantitative estimate of drug-likeness (QED) is 0.277. The first-order chi connectivity index (χ1) is 10.8. The Bertz CT molecular complexity index is 401. The fourth-order valence-electron chi connectivity index (χ4n) is 2.58. The van der Waals surface area contributed by atoms with Crippen LogP contribution in [0.5, 0.6) is 0 Å². The highest BCUT2D eigenvalue weighted by Crippen LogP contribution is 2.37. The van der Waals surface area contributed by atoms with Crippen LogP contribution in [0.1, 0.15) is 0 Å². The molecule has 0 aromatic carbocycles. The maximum absolute atomic E-state index is 10.1. The van der Waals surface area contributed by atoms with Gasteiger partial charge in [-0.05, 0) is 0 Å². The standard InChI is InChI=1S/C12H20Cl2O9/c13-3-12(10(20)7(17)5(2-16)22-12)23-11-9(19)8(18)6(14)4(1-15)21-11/h4-11,15-20H,1-3H2/t4-,5-,6+,7-,8+,9-,10+,11-,12+/m1/s1. The van der Waals surface area contributed by atoms with Gasteiger partial charge in [-0.1, -0.05) is 0 Å². The van der Waals surface area contributed by atoms with Crippen LogP contribution in [0.3, 0.4) is 0 Å². The second-order valence-electron chi connectivity index (χ2n) is 5.49. The highest BCUT2D eigenvalue weighted by atomic mass is 35.5. The van der Waals surface area contributed by atoms with Crippen molar-refractivity contribution in [1.82, 2.24) is 0 Å². The topological polar surface area (TPSA) is 149 Å². The first-order valence-electron chi connectivity index (χ1n) is 6.96. The molecule has 2 saturated heterocycles. The second-order valence-corrected chi connectivity index (χ2v) is 6.26. The van der Waals surface area contributed by atoms with Crippen LogP contribution in [0, 0.1) is 0 Å². The van der Waals surface area contributed by atoms with Gasteiger partial charge in [0, 0.05) is 0 Å². The smallest absolute Gasteiger partial charge is 0.214 e. The third kappa shape index (κ3) is 3.46. The minimum Gasteiger partial charge on any atom is -0.394 e. The highest BCUT2D eigenvalue weighted by Gasteiger charge is 2.58. The van der Waals surface area contributed by atoms with Crippen LogP contribution in [0.15, 0.2) is 0 Å². The molecule has 6 N–H and O–H groups in total. The molecule has 0 saturated carbocycles. The minimum atomic E-state index is -1.97. The molecule has 0 bridgehead atoms.